The fraction of sp³-hybridized carbons (Fsp3) is 0.357. The number of rotatable bonds is 8. The Morgan fingerprint density at radius 2 is 1.77 bits per heavy atom. The number of ether oxygens (including phenoxy) is 2. The molecular weight excluding hydrogens is 465 g/mol. The second kappa shape index (κ2) is 11.1. The predicted octanol–water partition coefficient (Wildman–Crippen LogP) is 5.49. The average molecular weight is 496 g/mol. The van der Waals surface area contributed by atoms with Gasteiger partial charge in [-0.2, -0.15) is 11.8 Å². The smallest absolute Gasteiger partial charge is 0.336 e. The monoisotopic (exact) mass is 495 g/mol. The average Bonchev–Trinajstić information content (AvgIpc) is 2.86. The van der Waals surface area contributed by atoms with Crippen molar-refractivity contribution in [2.45, 2.75) is 38.5 Å². The molecule has 5 nitrogen and oxygen atoms in total. The minimum absolute atomic E-state index is 0.0147. The molecule has 0 saturated heterocycles. The minimum atomic E-state index is -0.595. The van der Waals surface area contributed by atoms with Crippen molar-refractivity contribution in [1.82, 2.24) is 5.32 Å². The molecule has 0 bridgehead atoms. The molecule has 0 amide bonds. The van der Waals surface area contributed by atoms with Gasteiger partial charge in [-0.05, 0) is 60.4 Å². The summed E-state index contributed by atoms with van der Waals surface area (Å²) in [4.78, 5) is 26.8. The summed E-state index contributed by atoms with van der Waals surface area (Å²) in [5.74, 6) is 1.00. The number of hydrogen-bond donors (Lipinski definition) is 1. The van der Waals surface area contributed by atoms with Gasteiger partial charge < -0.3 is 14.8 Å². The molecule has 2 aromatic rings. The second-order valence-corrected chi connectivity index (χ2v) is 10.1. The van der Waals surface area contributed by atoms with E-state index in [9.17, 15) is 14.0 Å². The number of allylic oxidation sites excluding steroid dienone is 3. The third kappa shape index (κ3) is 5.45. The molecule has 0 unspecified atom stereocenters. The number of esters is 1. The van der Waals surface area contributed by atoms with Gasteiger partial charge in [0, 0.05) is 35.1 Å². The normalized spacial score (nSPS) is 19.8. The lowest BCUT2D eigenvalue weighted by Gasteiger charge is -2.36. The maximum absolute atomic E-state index is 13.7. The van der Waals surface area contributed by atoms with E-state index in [1.165, 1.54) is 12.1 Å². The first kappa shape index (κ1) is 25.0. The van der Waals surface area contributed by atoms with Gasteiger partial charge in [0.05, 0.1) is 12.7 Å². The van der Waals surface area contributed by atoms with E-state index in [2.05, 4.69) is 12.2 Å². The first-order valence-corrected chi connectivity index (χ1v) is 13.0. The van der Waals surface area contributed by atoms with Crippen molar-refractivity contribution in [3.63, 3.8) is 0 Å². The molecule has 0 aromatic heterocycles. The number of methoxy groups -OCH3 is 1. The molecule has 2 aliphatic rings. The predicted molar refractivity (Wildman–Crippen MR) is 136 cm³/mol. The van der Waals surface area contributed by atoms with Crippen LogP contribution in [0.3, 0.4) is 0 Å². The fourth-order valence-corrected chi connectivity index (χ4v) is 5.32. The van der Waals surface area contributed by atoms with Crippen molar-refractivity contribution in [3.8, 4) is 5.75 Å². The Kier molecular flexibility index (Phi) is 7.96. The van der Waals surface area contributed by atoms with Crippen molar-refractivity contribution in [2.75, 3.05) is 25.2 Å². The molecule has 1 aliphatic heterocycles. The number of carbonyl (C=O) groups is 2. The zero-order valence-electron chi connectivity index (χ0n) is 20.2. The van der Waals surface area contributed by atoms with Gasteiger partial charge in [0.25, 0.3) is 0 Å². The van der Waals surface area contributed by atoms with Crippen LogP contribution < -0.4 is 10.1 Å². The van der Waals surface area contributed by atoms with Crippen LogP contribution in [0.2, 0.25) is 0 Å². The summed E-state index contributed by atoms with van der Waals surface area (Å²) >= 11 is 1.69. The standard InChI is InChI=1S/C28H30FNO4S/c1-4-35-14-13-34-28(32)25-17(2)30-23-15-20(18-7-11-22(33-3)12-8-18)16-24(31)27(23)26(25)19-5-9-21(29)10-6-19/h5-12,20,26,30H,4,13-16H2,1-3H3/t20-,26+/m0/s1. The molecule has 1 heterocycles. The first-order valence-electron chi connectivity index (χ1n) is 11.8. The van der Waals surface area contributed by atoms with Gasteiger partial charge in [-0.25, -0.2) is 9.18 Å². The highest BCUT2D eigenvalue weighted by molar-refractivity contribution is 7.99. The molecule has 0 saturated carbocycles. The molecule has 2 aromatic carbocycles. The van der Waals surface area contributed by atoms with E-state index in [1.807, 2.05) is 31.2 Å². The molecule has 7 heteroatoms. The Hall–Kier alpha value is -3.06. The number of nitrogens with one attached hydrogen (secondary N) is 1. The molecule has 1 N–H and O–H groups in total. The van der Waals surface area contributed by atoms with Crippen LogP contribution >= 0.6 is 11.8 Å². The fourth-order valence-electron chi connectivity index (χ4n) is 4.83. The van der Waals surface area contributed by atoms with Gasteiger partial charge in [0.1, 0.15) is 18.2 Å². The maximum Gasteiger partial charge on any atom is 0.336 e. The van der Waals surface area contributed by atoms with Crippen molar-refractivity contribution < 1.29 is 23.5 Å². The highest BCUT2D eigenvalue weighted by Crippen LogP contribution is 2.45. The van der Waals surface area contributed by atoms with Crippen LogP contribution in [0.15, 0.2) is 71.1 Å². The lowest BCUT2D eigenvalue weighted by atomic mass is 9.72. The molecule has 0 fully saturated rings. The van der Waals surface area contributed by atoms with Crippen molar-refractivity contribution in [2.24, 2.45) is 0 Å². The molecular formula is C28H30FNO4S. The van der Waals surface area contributed by atoms with E-state index in [4.69, 9.17) is 9.47 Å². The van der Waals surface area contributed by atoms with Crippen LogP contribution in [0, 0.1) is 5.82 Å². The molecule has 184 valence electrons. The van der Waals surface area contributed by atoms with Gasteiger partial charge in [-0.3, -0.25) is 4.79 Å². The Bertz CT molecular complexity index is 1150. The number of halogens is 1. The van der Waals surface area contributed by atoms with Gasteiger partial charge in [-0.1, -0.05) is 31.2 Å². The molecule has 35 heavy (non-hydrogen) atoms. The number of hydrogen-bond acceptors (Lipinski definition) is 6. The third-order valence-electron chi connectivity index (χ3n) is 6.50. The number of Topliss-reactive ketones (excluding diaryl/α,β-unsaturated/α-hetero) is 1. The molecule has 0 spiro atoms. The van der Waals surface area contributed by atoms with E-state index in [-0.39, 0.29) is 17.5 Å². The summed E-state index contributed by atoms with van der Waals surface area (Å²) in [6.07, 6.45) is 0.969. The van der Waals surface area contributed by atoms with E-state index in [1.54, 1.807) is 31.0 Å². The van der Waals surface area contributed by atoms with Crippen LogP contribution in [0.25, 0.3) is 0 Å². The number of dihydropyridines is 1. The highest BCUT2D eigenvalue weighted by atomic mass is 32.2. The van der Waals surface area contributed by atoms with Gasteiger partial charge in [-0.15, -0.1) is 0 Å². The van der Waals surface area contributed by atoms with Crippen LogP contribution in [0.5, 0.6) is 5.75 Å². The number of thioether (sulfide) groups is 1. The summed E-state index contributed by atoms with van der Waals surface area (Å²) in [7, 11) is 1.62. The van der Waals surface area contributed by atoms with Crippen molar-refractivity contribution in [3.05, 3.63) is 88.0 Å². The van der Waals surface area contributed by atoms with Crippen LogP contribution in [-0.4, -0.2) is 37.0 Å². The molecule has 4 rings (SSSR count). The second-order valence-electron chi connectivity index (χ2n) is 8.67. The summed E-state index contributed by atoms with van der Waals surface area (Å²) in [5, 5.41) is 3.35. The quantitative estimate of drug-likeness (QED) is 0.386. The summed E-state index contributed by atoms with van der Waals surface area (Å²) in [6.45, 7) is 4.18. The van der Waals surface area contributed by atoms with Crippen LogP contribution in [0.1, 0.15) is 49.7 Å². The van der Waals surface area contributed by atoms with Crippen molar-refractivity contribution >= 4 is 23.5 Å². The van der Waals surface area contributed by atoms with E-state index >= 15 is 0 Å². The molecule has 2 atom stereocenters. The molecule has 1 aliphatic carbocycles. The van der Waals surface area contributed by atoms with Crippen molar-refractivity contribution in [1.29, 1.82) is 0 Å². The van der Waals surface area contributed by atoms with Crippen LogP contribution in [0.4, 0.5) is 4.39 Å². The van der Waals surface area contributed by atoms with E-state index < -0.39 is 11.9 Å². The lowest BCUT2D eigenvalue weighted by Crippen LogP contribution is -2.36. The third-order valence-corrected chi connectivity index (χ3v) is 7.37. The lowest BCUT2D eigenvalue weighted by molar-refractivity contribution is -0.138. The Morgan fingerprint density at radius 3 is 2.43 bits per heavy atom. The Morgan fingerprint density at radius 1 is 1.09 bits per heavy atom. The number of ketones is 1. The maximum atomic E-state index is 13.7. The molecule has 0 radical (unpaired) electrons. The first-order chi connectivity index (χ1) is 16.9. The summed E-state index contributed by atoms with van der Waals surface area (Å²) in [5.41, 5.74) is 4.22. The number of benzene rings is 2. The minimum Gasteiger partial charge on any atom is -0.497 e. The van der Waals surface area contributed by atoms with E-state index in [0.29, 0.717) is 47.6 Å². The van der Waals surface area contributed by atoms with Crippen LogP contribution in [-0.2, 0) is 14.3 Å². The van der Waals surface area contributed by atoms with Gasteiger partial charge >= 0.3 is 5.97 Å². The zero-order valence-corrected chi connectivity index (χ0v) is 21.0. The van der Waals surface area contributed by atoms with E-state index in [0.717, 1.165) is 22.8 Å². The highest BCUT2D eigenvalue weighted by Gasteiger charge is 2.41. The Balaban J connectivity index is 1.69. The number of carbonyl (C=O) groups excluding carboxylic acids is 2. The largest absolute Gasteiger partial charge is 0.497 e. The SMILES string of the molecule is CCSCCOC(=O)C1=C(C)NC2=C(C(=O)C[C@@H](c3ccc(OC)cc3)C2)[C@@H]1c1ccc(F)cc1. The van der Waals surface area contributed by atoms with Gasteiger partial charge in [0.2, 0.25) is 0 Å². The van der Waals surface area contributed by atoms with Gasteiger partial charge in [0.15, 0.2) is 5.78 Å². The Labute approximate surface area is 209 Å². The summed E-state index contributed by atoms with van der Waals surface area (Å²) in [6, 6.07) is 13.8. The summed E-state index contributed by atoms with van der Waals surface area (Å²) < 4.78 is 24.6. The zero-order chi connectivity index (χ0) is 24.9. The topological polar surface area (TPSA) is 64.6 Å².